The van der Waals surface area contributed by atoms with Gasteiger partial charge in [-0.15, -0.1) is 0 Å². The highest BCUT2D eigenvalue weighted by Crippen LogP contribution is 2.26. The van der Waals surface area contributed by atoms with Crippen LogP contribution in [0.3, 0.4) is 0 Å². The molecule has 0 aliphatic heterocycles. The monoisotopic (exact) mass is 564 g/mol. The second-order valence-corrected chi connectivity index (χ2v) is 11.7. The number of amides is 2. The maximum atomic E-state index is 13.9. The Hall–Kier alpha value is -2.82. The number of carbonyl (C=O) groups is 2. The van der Waals surface area contributed by atoms with E-state index in [1.54, 1.807) is 17.0 Å². The molecule has 1 atom stereocenters. The third-order valence-corrected chi connectivity index (χ3v) is 8.19. The first-order valence-electron chi connectivity index (χ1n) is 14.0. The summed E-state index contributed by atoms with van der Waals surface area (Å²) in [6.45, 7) is 4.57. The van der Waals surface area contributed by atoms with Crippen LogP contribution in [0.25, 0.3) is 0 Å². The van der Waals surface area contributed by atoms with Gasteiger partial charge in [0.1, 0.15) is 6.04 Å². The molecule has 3 aromatic rings. The van der Waals surface area contributed by atoms with E-state index in [0.29, 0.717) is 35.2 Å². The van der Waals surface area contributed by atoms with Gasteiger partial charge in [0.15, 0.2) is 0 Å². The minimum Gasteiger partial charge on any atom is -0.352 e. The number of carbonyl (C=O) groups excluding carboxylic acids is 2. The molecule has 2 amide bonds. The van der Waals surface area contributed by atoms with E-state index >= 15 is 0 Å². The Morgan fingerprint density at radius 3 is 2.26 bits per heavy atom. The number of hydrogen-bond acceptors (Lipinski definition) is 2. The lowest BCUT2D eigenvalue weighted by molar-refractivity contribution is -0.141. The second kappa shape index (κ2) is 14.0. The van der Waals surface area contributed by atoms with Crippen molar-refractivity contribution in [1.82, 2.24) is 10.2 Å². The molecule has 1 saturated carbocycles. The van der Waals surface area contributed by atoms with Crippen LogP contribution in [0.1, 0.15) is 74.1 Å². The molecular formula is C33H38Cl2N2O2. The quantitative estimate of drug-likeness (QED) is 0.259. The van der Waals surface area contributed by atoms with Crippen molar-refractivity contribution >= 4 is 35.0 Å². The molecule has 3 aromatic carbocycles. The van der Waals surface area contributed by atoms with Crippen molar-refractivity contribution in [2.24, 2.45) is 0 Å². The van der Waals surface area contributed by atoms with Gasteiger partial charge in [-0.25, -0.2) is 0 Å². The van der Waals surface area contributed by atoms with Crippen LogP contribution >= 0.6 is 23.2 Å². The summed E-state index contributed by atoms with van der Waals surface area (Å²) >= 11 is 12.7. The normalized spacial score (nSPS) is 14.4. The lowest BCUT2D eigenvalue weighted by atomic mass is 9.99. The van der Waals surface area contributed by atoms with E-state index in [1.807, 2.05) is 36.4 Å². The molecule has 0 spiro atoms. The fourth-order valence-corrected chi connectivity index (χ4v) is 5.69. The Bertz CT molecular complexity index is 1240. The molecule has 0 aromatic heterocycles. The number of halogens is 2. The SMILES string of the molecule is CC(C)c1ccc(CCC(=O)N(Cc2ccc(Cl)cc2Cl)[C@H](Cc2ccccc2)C(=O)NC2CCCC2)cc1. The van der Waals surface area contributed by atoms with Crippen LogP contribution < -0.4 is 5.32 Å². The molecule has 39 heavy (non-hydrogen) atoms. The summed E-state index contributed by atoms with van der Waals surface area (Å²) in [5.74, 6) is 0.277. The minimum atomic E-state index is -0.657. The van der Waals surface area contributed by atoms with Gasteiger partial charge < -0.3 is 10.2 Å². The Labute approximate surface area is 242 Å². The Kier molecular flexibility index (Phi) is 10.5. The summed E-state index contributed by atoms with van der Waals surface area (Å²) in [7, 11) is 0. The van der Waals surface area contributed by atoms with Crippen LogP contribution in [0.2, 0.25) is 10.0 Å². The molecule has 0 saturated heterocycles. The van der Waals surface area contributed by atoms with E-state index in [0.717, 1.165) is 42.4 Å². The average Bonchev–Trinajstić information content (AvgIpc) is 3.44. The minimum absolute atomic E-state index is 0.0727. The first kappa shape index (κ1) is 29.2. The fraction of sp³-hybridized carbons (Fsp3) is 0.394. The number of aryl methyl sites for hydroxylation is 1. The Morgan fingerprint density at radius 2 is 1.62 bits per heavy atom. The zero-order valence-electron chi connectivity index (χ0n) is 22.8. The van der Waals surface area contributed by atoms with Gasteiger partial charge in [-0.2, -0.15) is 0 Å². The third-order valence-electron chi connectivity index (χ3n) is 7.60. The second-order valence-electron chi connectivity index (χ2n) is 10.8. The highest BCUT2D eigenvalue weighted by Gasteiger charge is 2.32. The van der Waals surface area contributed by atoms with Crippen molar-refractivity contribution in [2.75, 3.05) is 0 Å². The largest absolute Gasteiger partial charge is 0.352 e. The lowest BCUT2D eigenvalue weighted by Crippen LogP contribution is -2.52. The summed E-state index contributed by atoms with van der Waals surface area (Å²) in [5.41, 5.74) is 4.15. The topological polar surface area (TPSA) is 49.4 Å². The fourth-order valence-electron chi connectivity index (χ4n) is 5.22. The number of rotatable bonds is 11. The maximum Gasteiger partial charge on any atom is 0.243 e. The van der Waals surface area contributed by atoms with Gasteiger partial charge in [0.2, 0.25) is 11.8 Å². The predicted octanol–water partition coefficient (Wildman–Crippen LogP) is 7.75. The number of nitrogens with one attached hydrogen (secondary N) is 1. The highest BCUT2D eigenvalue weighted by molar-refractivity contribution is 6.35. The van der Waals surface area contributed by atoms with Gasteiger partial charge in [-0.1, -0.05) is 111 Å². The number of nitrogens with zero attached hydrogens (tertiary/aromatic N) is 1. The maximum absolute atomic E-state index is 13.9. The molecule has 1 fully saturated rings. The lowest BCUT2D eigenvalue weighted by Gasteiger charge is -2.32. The van der Waals surface area contributed by atoms with Crippen molar-refractivity contribution < 1.29 is 9.59 Å². The standard InChI is InChI=1S/C33H38Cl2N2O2/c1-23(2)26-15-12-24(13-16-26)14-19-32(38)37(22-27-17-18-28(34)21-30(27)35)31(20-25-8-4-3-5-9-25)33(39)36-29-10-6-7-11-29/h3-5,8-9,12-13,15-18,21,23,29,31H,6-7,10-11,14,19-20,22H2,1-2H3,(H,36,39)/t31-/m1/s1. The highest BCUT2D eigenvalue weighted by atomic mass is 35.5. The van der Waals surface area contributed by atoms with Crippen molar-refractivity contribution in [1.29, 1.82) is 0 Å². The van der Waals surface area contributed by atoms with Crippen LogP contribution in [0, 0.1) is 0 Å². The number of benzene rings is 3. The van der Waals surface area contributed by atoms with Gasteiger partial charge in [0.25, 0.3) is 0 Å². The predicted molar refractivity (Wildman–Crippen MR) is 160 cm³/mol. The summed E-state index contributed by atoms with van der Waals surface area (Å²) < 4.78 is 0. The van der Waals surface area contributed by atoms with E-state index in [2.05, 4.69) is 43.4 Å². The molecule has 0 heterocycles. The van der Waals surface area contributed by atoms with E-state index in [4.69, 9.17) is 23.2 Å². The summed E-state index contributed by atoms with van der Waals surface area (Å²) in [6.07, 6.45) is 5.53. The zero-order valence-corrected chi connectivity index (χ0v) is 24.3. The summed E-state index contributed by atoms with van der Waals surface area (Å²) in [4.78, 5) is 29.4. The molecule has 6 heteroatoms. The zero-order chi connectivity index (χ0) is 27.8. The van der Waals surface area contributed by atoms with Gasteiger partial charge in [-0.05, 0) is 59.6 Å². The van der Waals surface area contributed by atoms with Crippen LogP contribution in [0.4, 0.5) is 0 Å². The average molecular weight is 566 g/mol. The van der Waals surface area contributed by atoms with E-state index in [9.17, 15) is 9.59 Å². The first-order chi connectivity index (χ1) is 18.8. The molecule has 0 unspecified atom stereocenters. The van der Waals surface area contributed by atoms with E-state index in [1.165, 1.54) is 5.56 Å². The van der Waals surface area contributed by atoms with Crippen LogP contribution in [-0.4, -0.2) is 28.8 Å². The van der Waals surface area contributed by atoms with Crippen LogP contribution in [0.5, 0.6) is 0 Å². The van der Waals surface area contributed by atoms with Crippen molar-refractivity contribution in [3.05, 3.63) is 105 Å². The van der Waals surface area contributed by atoms with Crippen LogP contribution in [0.15, 0.2) is 72.8 Å². The summed E-state index contributed by atoms with van der Waals surface area (Å²) in [6, 6.07) is 23.1. The van der Waals surface area contributed by atoms with Gasteiger partial charge in [0.05, 0.1) is 0 Å². The Balaban J connectivity index is 1.61. The third kappa shape index (κ3) is 8.33. The molecule has 4 rings (SSSR count). The molecule has 4 nitrogen and oxygen atoms in total. The van der Waals surface area contributed by atoms with Gasteiger partial charge >= 0.3 is 0 Å². The summed E-state index contributed by atoms with van der Waals surface area (Å²) in [5, 5.41) is 4.27. The molecule has 1 aliphatic carbocycles. The molecular weight excluding hydrogens is 527 g/mol. The molecule has 1 N–H and O–H groups in total. The van der Waals surface area contributed by atoms with E-state index < -0.39 is 6.04 Å². The molecule has 0 radical (unpaired) electrons. The van der Waals surface area contributed by atoms with Crippen LogP contribution in [-0.2, 0) is 29.0 Å². The van der Waals surface area contributed by atoms with Crippen molar-refractivity contribution in [3.8, 4) is 0 Å². The molecule has 206 valence electrons. The smallest absolute Gasteiger partial charge is 0.243 e. The van der Waals surface area contributed by atoms with Gasteiger partial charge in [0, 0.05) is 35.5 Å². The van der Waals surface area contributed by atoms with E-state index in [-0.39, 0.29) is 24.4 Å². The van der Waals surface area contributed by atoms with Gasteiger partial charge in [-0.3, -0.25) is 9.59 Å². The van der Waals surface area contributed by atoms with Crippen molar-refractivity contribution in [2.45, 2.75) is 83.3 Å². The number of hydrogen-bond donors (Lipinski definition) is 1. The Morgan fingerprint density at radius 1 is 0.923 bits per heavy atom. The molecule has 0 bridgehead atoms. The van der Waals surface area contributed by atoms with Crippen molar-refractivity contribution in [3.63, 3.8) is 0 Å². The first-order valence-corrected chi connectivity index (χ1v) is 14.7. The molecule has 1 aliphatic rings.